The van der Waals surface area contributed by atoms with Gasteiger partial charge in [0.1, 0.15) is 6.04 Å². The number of carbonyl (C=O) groups excluding carboxylic acids is 2. The summed E-state index contributed by atoms with van der Waals surface area (Å²) < 4.78 is 15.8. The summed E-state index contributed by atoms with van der Waals surface area (Å²) in [4.78, 5) is 24.5. The predicted octanol–water partition coefficient (Wildman–Crippen LogP) is 3.36. The number of nitrogens with one attached hydrogen (secondary N) is 1. The van der Waals surface area contributed by atoms with E-state index in [9.17, 15) is 14.9 Å². The Morgan fingerprint density at radius 1 is 1.00 bits per heavy atom. The van der Waals surface area contributed by atoms with Gasteiger partial charge in [-0.1, -0.05) is 29.8 Å². The number of carbonyl (C=O) groups is 2. The fraction of sp³-hybridized carbons (Fsp3) is 0.318. The van der Waals surface area contributed by atoms with Crippen LogP contribution in [0.5, 0.6) is 17.2 Å². The molecule has 1 amide bonds. The monoisotopic (exact) mass is 396 g/mol. The van der Waals surface area contributed by atoms with Gasteiger partial charge in [0.15, 0.2) is 17.3 Å². The quantitative estimate of drug-likeness (QED) is 0.653. The molecular weight excluding hydrogens is 372 g/mol. The first-order valence-electron chi connectivity index (χ1n) is 9.02. The van der Waals surface area contributed by atoms with E-state index in [0.717, 1.165) is 5.56 Å². The first kappa shape index (κ1) is 21.8. The number of Topliss-reactive ketones (excluding diaryl/α,β-unsaturated/α-hetero) is 1. The molecule has 2 aromatic rings. The summed E-state index contributed by atoms with van der Waals surface area (Å²) >= 11 is 0. The summed E-state index contributed by atoms with van der Waals surface area (Å²) in [7, 11) is 4.42. The minimum atomic E-state index is -0.925. The minimum absolute atomic E-state index is 0.0185. The molecule has 2 rings (SSSR count). The highest BCUT2D eigenvalue weighted by molar-refractivity contribution is 5.98. The van der Waals surface area contributed by atoms with Crippen molar-refractivity contribution < 1.29 is 23.8 Å². The Morgan fingerprint density at radius 2 is 1.59 bits per heavy atom. The van der Waals surface area contributed by atoms with Crippen molar-refractivity contribution in [3.05, 3.63) is 53.1 Å². The molecule has 0 heterocycles. The van der Waals surface area contributed by atoms with Crippen LogP contribution in [0.4, 0.5) is 0 Å². The van der Waals surface area contributed by atoms with Gasteiger partial charge in [-0.15, -0.1) is 0 Å². The Hall–Kier alpha value is -3.53. The topological polar surface area (TPSA) is 97.7 Å². The zero-order chi connectivity index (χ0) is 21.4. The van der Waals surface area contributed by atoms with Crippen molar-refractivity contribution in [1.82, 2.24) is 5.32 Å². The van der Waals surface area contributed by atoms with Gasteiger partial charge in [-0.3, -0.25) is 9.59 Å². The molecule has 0 spiro atoms. The summed E-state index contributed by atoms with van der Waals surface area (Å²) in [6.45, 7) is 1.94. The molecule has 1 atom stereocenters. The van der Waals surface area contributed by atoms with Crippen LogP contribution in [0.3, 0.4) is 0 Å². The maximum atomic E-state index is 12.3. The standard InChI is InChI=1S/C22H24N2O5/c1-14-5-7-15(8-6-14)18(25)9-10-21(26)24-17(13-23)16-11-19(27-2)22(29-4)20(12-16)28-3/h5-8,11-12,17H,9-10H2,1-4H3,(H,24,26). The molecular formula is C22H24N2O5. The van der Waals surface area contributed by atoms with E-state index in [1.807, 2.05) is 25.1 Å². The van der Waals surface area contributed by atoms with E-state index in [1.165, 1.54) is 21.3 Å². The Kier molecular flexibility index (Phi) is 7.61. The first-order chi connectivity index (χ1) is 13.9. The Bertz CT molecular complexity index is 891. The lowest BCUT2D eigenvalue weighted by molar-refractivity contribution is -0.121. The van der Waals surface area contributed by atoms with Crippen LogP contribution in [0.2, 0.25) is 0 Å². The second kappa shape index (κ2) is 10.1. The third-order valence-electron chi connectivity index (χ3n) is 4.41. The molecule has 0 saturated carbocycles. The van der Waals surface area contributed by atoms with Gasteiger partial charge >= 0.3 is 0 Å². The maximum absolute atomic E-state index is 12.3. The molecule has 0 radical (unpaired) electrons. The average molecular weight is 396 g/mol. The van der Waals surface area contributed by atoms with Crippen LogP contribution in [-0.4, -0.2) is 33.0 Å². The van der Waals surface area contributed by atoms with Gasteiger partial charge in [0, 0.05) is 18.4 Å². The van der Waals surface area contributed by atoms with E-state index in [2.05, 4.69) is 5.32 Å². The van der Waals surface area contributed by atoms with Crippen LogP contribution in [0.1, 0.15) is 40.4 Å². The number of nitrogens with zero attached hydrogens (tertiary/aromatic N) is 1. The normalized spacial score (nSPS) is 11.1. The van der Waals surface area contributed by atoms with Crippen molar-refractivity contribution in [2.75, 3.05) is 21.3 Å². The number of ether oxygens (including phenoxy) is 3. The van der Waals surface area contributed by atoms with Crippen LogP contribution in [0.25, 0.3) is 0 Å². The number of hydrogen-bond acceptors (Lipinski definition) is 6. The van der Waals surface area contributed by atoms with Crippen LogP contribution >= 0.6 is 0 Å². The second-order valence-corrected chi connectivity index (χ2v) is 6.38. The van der Waals surface area contributed by atoms with Crippen molar-refractivity contribution in [2.24, 2.45) is 0 Å². The molecule has 0 saturated heterocycles. The number of ketones is 1. The second-order valence-electron chi connectivity index (χ2n) is 6.38. The van der Waals surface area contributed by atoms with Crippen LogP contribution < -0.4 is 19.5 Å². The lowest BCUT2D eigenvalue weighted by Gasteiger charge is -2.17. The predicted molar refractivity (Wildman–Crippen MR) is 107 cm³/mol. The fourth-order valence-corrected chi connectivity index (χ4v) is 2.80. The largest absolute Gasteiger partial charge is 0.493 e. The smallest absolute Gasteiger partial charge is 0.221 e. The van der Waals surface area contributed by atoms with Crippen LogP contribution in [0, 0.1) is 18.3 Å². The van der Waals surface area contributed by atoms with E-state index >= 15 is 0 Å². The van der Waals surface area contributed by atoms with Crippen molar-refractivity contribution in [3.8, 4) is 23.3 Å². The molecule has 0 aromatic heterocycles. The lowest BCUT2D eigenvalue weighted by Crippen LogP contribution is -2.28. The van der Waals surface area contributed by atoms with E-state index in [0.29, 0.717) is 28.4 Å². The molecule has 0 aliphatic rings. The van der Waals surface area contributed by atoms with E-state index < -0.39 is 11.9 Å². The number of methoxy groups -OCH3 is 3. The van der Waals surface area contributed by atoms with Gasteiger partial charge in [-0.2, -0.15) is 5.26 Å². The molecule has 7 heteroatoms. The van der Waals surface area contributed by atoms with Gasteiger partial charge in [0.2, 0.25) is 11.7 Å². The van der Waals surface area contributed by atoms with E-state index in [1.54, 1.807) is 24.3 Å². The molecule has 1 unspecified atom stereocenters. The fourth-order valence-electron chi connectivity index (χ4n) is 2.80. The summed E-state index contributed by atoms with van der Waals surface area (Å²) in [5.74, 6) is 0.634. The third-order valence-corrected chi connectivity index (χ3v) is 4.41. The molecule has 0 aliphatic carbocycles. The van der Waals surface area contributed by atoms with E-state index in [4.69, 9.17) is 14.2 Å². The molecule has 152 valence electrons. The third kappa shape index (κ3) is 5.48. The molecule has 0 aliphatic heterocycles. The number of amides is 1. The van der Waals surface area contributed by atoms with Gasteiger partial charge in [0.05, 0.1) is 27.4 Å². The highest BCUT2D eigenvalue weighted by Gasteiger charge is 2.20. The van der Waals surface area contributed by atoms with Gasteiger partial charge in [0.25, 0.3) is 0 Å². The number of benzene rings is 2. The average Bonchev–Trinajstić information content (AvgIpc) is 2.75. The van der Waals surface area contributed by atoms with Gasteiger partial charge < -0.3 is 19.5 Å². The van der Waals surface area contributed by atoms with Crippen LogP contribution in [-0.2, 0) is 4.79 Å². The molecule has 7 nitrogen and oxygen atoms in total. The Labute approximate surface area is 170 Å². The number of aryl methyl sites for hydroxylation is 1. The zero-order valence-corrected chi connectivity index (χ0v) is 16.9. The molecule has 29 heavy (non-hydrogen) atoms. The first-order valence-corrected chi connectivity index (χ1v) is 9.02. The zero-order valence-electron chi connectivity index (χ0n) is 16.9. The number of nitriles is 1. The van der Waals surface area contributed by atoms with E-state index in [-0.39, 0.29) is 18.6 Å². The summed E-state index contributed by atoms with van der Waals surface area (Å²) in [5, 5.41) is 12.2. The Morgan fingerprint density at radius 3 is 2.07 bits per heavy atom. The molecule has 2 aromatic carbocycles. The van der Waals surface area contributed by atoms with Crippen molar-refractivity contribution in [2.45, 2.75) is 25.8 Å². The summed E-state index contributed by atoms with van der Waals surface area (Å²) in [6, 6.07) is 11.5. The minimum Gasteiger partial charge on any atom is -0.493 e. The number of rotatable bonds is 9. The highest BCUT2D eigenvalue weighted by Crippen LogP contribution is 2.39. The lowest BCUT2D eigenvalue weighted by atomic mass is 10.0. The number of hydrogen-bond donors (Lipinski definition) is 1. The summed E-state index contributed by atoms with van der Waals surface area (Å²) in [5.41, 5.74) is 2.10. The summed E-state index contributed by atoms with van der Waals surface area (Å²) in [6.07, 6.45) is 0.0393. The molecule has 1 N–H and O–H groups in total. The van der Waals surface area contributed by atoms with Crippen molar-refractivity contribution in [1.29, 1.82) is 5.26 Å². The SMILES string of the molecule is COc1cc(C(C#N)NC(=O)CCC(=O)c2ccc(C)cc2)cc(OC)c1OC. The van der Waals surface area contributed by atoms with Crippen molar-refractivity contribution >= 4 is 11.7 Å². The van der Waals surface area contributed by atoms with Gasteiger partial charge in [-0.05, 0) is 24.6 Å². The molecule has 0 fully saturated rings. The van der Waals surface area contributed by atoms with Crippen LogP contribution in [0.15, 0.2) is 36.4 Å². The Balaban J connectivity index is 2.07. The van der Waals surface area contributed by atoms with Gasteiger partial charge in [-0.25, -0.2) is 0 Å². The maximum Gasteiger partial charge on any atom is 0.221 e. The highest BCUT2D eigenvalue weighted by atomic mass is 16.5. The van der Waals surface area contributed by atoms with Crippen molar-refractivity contribution in [3.63, 3.8) is 0 Å². The molecule has 0 bridgehead atoms.